The summed E-state index contributed by atoms with van der Waals surface area (Å²) in [5.74, 6) is -1.17. The van der Waals surface area contributed by atoms with Crippen LogP contribution in [0.3, 0.4) is 0 Å². The summed E-state index contributed by atoms with van der Waals surface area (Å²) >= 11 is 5.73. The topological polar surface area (TPSA) is 81.4 Å². The highest BCUT2D eigenvalue weighted by atomic mass is 35.5. The van der Waals surface area contributed by atoms with E-state index >= 15 is 0 Å². The third-order valence-corrected chi connectivity index (χ3v) is 2.10. The summed E-state index contributed by atoms with van der Waals surface area (Å²) in [5, 5.41) is 12.1. The minimum Gasteiger partial charge on any atom is -0.479 e. The molecule has 0 amide bonds. The molecule has 0 atom stereocenters. The normalized spacial score (nSPS) is 10.5. The summed E-state index contributed by atoms with van der Waals surface area (Å²) < 4.78 is 6.00. The molecule has 0 spiro atoms. The number of carbonyl (C=O) groups is 1. The Labute approximate surface area is 96.4 Å². The van der Waals surface area contributed by atoms with Gasteiger partial charge in [-0.15, -0.1) is 0 Å². The summed E-state index contributed by atoms with van der Waals surface area (Å²) in [7, 11) is 0. The lowest BCUT2D eigenvalue weighted by atomic mass is 10.4. The van der Waals surface area contributed by atoms with E-state index in [9.17, 15) is 9.59 Å². The molecule has 0 unspecified atom stereocenters. The van der Waals surface area contributed by atoms with Crippen LogP contribution in [-0.4, -0.2) is 27.5 Å². The quantitative estimate of drug-likeness (QED) is 0.855. The molecule has 0 aromatic carbocycles. The molecule has 0 saturated heterocycles. The number of halogens is 1. The SMILES string of the molecule is CC(C)n1ncc(OCC(=O)O)c(Cl)c1=O. The molecular weight excluding hydrogens is 236 g/mol. The minimum atomic E-state index is -1.15. The summed E-state index contributed by atoms with van der Waals surface area (Å²) in [6, 6.07) is -0.126. The number of hydrogen-bond acceptors (Lipinski definition) is 4. The van der Waals surface area contributed by atoms with E-state index < -0.39 is 18.1 Å². The van der Waals surface area contributed by atoms with Crippen molar-refractivity contribution in [3.63, 3.8) is 0 Å². The zero-order valence-electron chi connectivity index (χ0n) is 8.81. The van der Waals surface area contributed by atoms with Gasteiger partial charge in [0.1, 0.15) is 0 Å². The fourth-order valence-corrected chi connectivity index (χ4v) is 1.23. The molecular formula is C9H11ClN2O4. The van der Waals surface area contributed by atoms with Crippen LogP contribution in [0, 0.1) is 0 Å². The molecule has 16 heavy (non-hydrogen) atoms. The highest BCUT2D eigenvalue weighted by Crippen LogP contribution is 2.18. The lowest BCUT2D eigenvalue weighted by Gasteiger charge is -2.10. The summed E-state index contributed by atoms with van der Waals surface area (Å²) in [6.45, 7) is 3.00. The first kappa shape index (κ1) is 12.5. The lowest BCUT2D eigenvalue weighted by molar-refractivity contribution is -0.139. The average molecular weight is 247 g/mol. The van der Waals surface area contributed by atoms with Crippen LogP contribution in [0.25, 0.3) is 0 Å². The number of aromatic nitrogens is 2. The molecule has 1 N–H and O–H groups in total. The third kappa shape index (κ3) is 2.73. The highest BCUT2D eigenvalue weighted by Gasteiger charge is 2.12. The molecule has 0 radical (unpaired) electrons. The average Bonchev–Trinajstić information content (AvgIpc) is 2.19. The largest absolute Gasteiger partial charge is 0.479 e. The first-order valence-electron chi connectivity index (χ1n) is 4.55. The van der Waals surface area contributed by atoms with Gasteiger partial charge in [0.25, 0.3) is 5.56 Å². The van der Waals surface area contributed by atoms with Gasteiger partial charge in [-0.05, 0) is 13.8 Å². The molecule has 7 heteroatoms. The molecule has 0 bridgehead atoms. The maximum atomic E-state index is 11.6. The van der Waals surface area contributed by atoms with E-state index in [1.165, 1.54) is 10.9 Å². The smallest absolute Gasteiger partial charge is 0.341 e. The summed E-state index contributed by atoms with van der Waals surface area (Å²) in [4.78, 5) is 21.9. The molecule has 88 valence electrons. The number of aliphatic carboxylic acids is 1. The Morgan fingerprint density at radius 2 is 2.31 bits per heavy atom. The second-order valence-corrected chi connectivity index (χ2v) is 3.73. The molecule has 1 heterocycles. The molecule has 6 nitrogen and oxygen atoms in total. The van der Waals surface area contributed by atoms with Crippen molar-refractivity contribution < 1.29 is 14.6 Å². The van der Waals surface area contributed by atoms with Gasteiger partial charge in [0.2, 0.25) is 0 Å². The number of nitrogens with zero attached hydrogens (tertiary/aromatic N) is 2. The van der Waals surface area contributed by atoms with Crippen LogP contribution in [0.15, 0.2) is 11.0 Å². The van der Waals surface area contributed by atoms with Crippen LogP contribution in [0.1, 0.15) is 19.9 Å². The number of ether oxygens (including phenoxy) is 1. The second-order valence-electron chi connectivity index (χ2n) is 3.35. The molecule has 1 aromatic heterocycles. The Kier molecular flexibility index (Phi) is 3.89. The molecule has 0 aliphatic carbocycles. The summed E-state index contributed by atoms with van der Waals surface area (Å²) in [5.41, 5.74) is -0.500. The zero-order valence-corrected chi connectivity index (χ0v) is 9.56. The van der Waals surface area contributed by atoms with Crippen molar-refractivity contribution in [2.45, 2.75) is 19.9 Å². The predicted octanol–water partition coefficient (Wildman–Crippen LogP) is 0.941. The second kappa shape index (κ2) is 4.98. The van der Waals surface area contributed by atoms with Crippen molar-refractivity contribution in [2.75, 3.05) is 6.61 Å². The van der Waals surface area contributed by atoms with E-state index in [0.717, 1.165) is 0 Å². The molecule has 1 aromatic rings. The molecule has 0 aliphatic heterocycles. The highest BCUT2D eigenvalue weighted by molar-refractivity contribution is 6.31. The van der Waals surface area contributed by atoms with Crippen molar-refractivity contribution in [3.8, 4) is 5.75 Å². The van der Waals surface area contributed by atoms with Gasteiger partial charge in [0, 0.05) is 0 Å². The van der Waals surface area contributed by atoms with Crippen molar-refractivity contribution in [1.82, 2.24) is 9.78 Å². The van der Waals surface area contributed by atoms with Gasteiger partial charge in [-0.3, -0.25) is 4.79 Å². The molecule has 0 fully saturated rings. The van der Waals surface area contributed by atoms with Gasteiger partial charge in [0.15, 0.2) is 17.4 Å². The first-order chi connectivity index (χ1) is 7.43. The number of hydrogen-bond donors (Lipinski definition) is 1. The van der Waals surface area contributed by atoms with Gasteiger partial charge >= 0.3 is 5.97 Å². The van der Waals surface area contributed by atoms with Gasteiger partial charge in [-0.1, -0.05) is 11.6 Å². The van der Waals surface area contributed by atoms with E-state index in [1.54, 1.807) is 13.8 Å². The van der Waals surface area contributed by atoms with Crippen LogP contribution in [0.5, 0.6) is 5.75 Å². The first-order valence-corrected chi connectivity index (χ1v) is 4.93. The standard InChI is InChI=1S/C9H11ClN2O4/c1-5(2)12-9(15)8(10)6(3-11-12)16-4-7(13)14/h3,5H,4H2,1-2H3,(H,13,14). The van der Waals surface area contributed by atoms with Crippen molar-refractivity contribution in [2.24, 2.45) is 0 Å². The Morgan fingerprint density at radius 3 is 2.81 bits per heavy atom. The Hall–Kier alpha value is -1.56. The zero-order chi connectivity index (χ0) is 12.3. The van der Waals surface area contributed by atoms with Crippen LogP contribution in [0.4, 0.5) is 0 Å². The van der Waals surface area contributed by atoms with E-state index in [4.69, 9.17) is 21.4 Å². The third-order valence-electron chi connectivity index (χ3n) is 1.75. The van der Waals surface area contributed by atoms with Crippen LogP contribution in [-0.2, 0) is 4.79 Å². The van der Waals surface area contributed by atoms with Crippen molar-refractivity contribution in [1.29, 1.82) is 0 Å². The number of carboxylic acid groups (broad SMARTS) is 1. The maximum Gasteiger partial charge on any atom is 0.341 e. The molecule has 0 saturated carbocycles. The van der Waals surface area contributed by atoms with Crippen LogP contribution < -0.4 is 10.3 Å². The van der Waals surface area contributed by atoms with E-state index in [1.807, 2.05) is 0 Å². The fraction of sp³-hybridized carbons (Fsp3) is 0.444. The van der Waals surface area contributed by atoms with Gasteiger partial charge in [0.05, 0.1) is 12.2 Å². The maximum absolute atomic E-state index is 11.6. The summed E-state index contributed by atoms with van der Waals surface area (Å²) in [6.07, 6.45) is 1.23. The molecule has 0 aliphatic rings. The molecule has 1 rings (SSSR count). The van der Waals surface area contributed by atoms with E-state index in [2.05, 4.69) is 5.10 Å². The predicted molar refractivity (Wildman–Crippen MR) is 57.0 cm³/mol. The fourth-order valence-electron chi connectivity index (χ4n) is 1.04. The Balaban J connectivity index is 3.03. The Bertz CT molecular complexity index is 455. The van der Waals surface area contributed by atoms with Crippen LogP contribution >= 0.6 is 11.6 Å². The van der Waals surface area contributed by atoms with Gasteiger partial charge in [-0.25, -0.2) is 9.48 Å². The van der Waals surface area contributed by atoms with Crippen molar-refractivity contribution in [3.05, 3.63) is 21.6 Å². The number of rotatable bonds is 4. The van der Waals surface area contributed by atoms with E-state index in [0.29, 0.717) is 0 Å². The van der Waals surface area contributed by atoms with Gasteiger partial charge in [-0.2, -0.15) is 5.10 Å². The van der Waals surface area contributed by atoms with Gasteiger partial charge < -0.3 is 9.84 Å². The Morgan fingerprint density at radius 1 is 1.69 bits per heavy atom. The lowest BCUT2D eigenvalue weighted by Crippen LogP contribution is -2.25. The monoisotopic (exact) mass is 246 g/mol. The minimum absolute atomic E-state index is 0.0223. The number of carboxylic acids is 1. The van der Waals surface area contributed by atoms with Crippen LogP contribution in [0.2, 0.25) is 5.02 Å². The van der Waals surface area contributed by atoms with E-state index in [-0.39, 0.29) is 16.8 Å². The van der Waals surface area contributed by atoms with Crippen molar-refractivity contribution >= 4 is 17.6 Å².